The van der Waals surface area contributed by atoms with Crippen LogP contribution in [0.4, 0.5) is 11.4 Å². The third kappa shape index (κ3) is 3.18. The predicted molar refractivity (Wildman–Crippen MR) is 80.7 cm³/mol. The minimum Gasteiger partial charge on any atom is -0.382 e. The number of benzene rings is 1. The van der Waals surface area contributed by atoms with Gasteiger partial charge in [-0.3, -0.25) is 0 Å². The summed E-state index contributed by atoms with van der Waals surface area (Å²) in [5, 5.41) is 3.54. The standard InChI is InChI=1S/C16H26N2/c1-3-5-7-14-8-9-16-15(13-14)17-10-12-18(16)11-6-4-2/h8-9,13,17H,3-7,10-12H2,1-2H3. The molecule has 2 nitrogen and oxygen atoms in total. The number of nitrogens with zero attached hydrogens (tertiary/aromatic N) is 1. The number of fused-ring (bicyclic) bond motifs is 1. The van der Waals surface area contributed by atoms with Gasteiger partial charge in [0, 0.05) is 19.6 Å². The number of rotatable bonds is 6. The molecule has 1 aromatic rings. The van der Waals surface area contributed by atoms with Gasteiger partial charge in [0.25, 0.3) is 0 Å². The fourth-order valence-electron chi connectivity index (χ4n) is 2.56. The summed E-state index contributed by atoms with van der Waals surface area (Å²) < 4.78 is 0. The maximum atomic E-state index is 3.54. The van der Waals surface area contributed by atoms with E-state index < -0.39 is 0 Å². The minimum atomic E-state index is 1.08. The summed E-state index contributed by atoms with van der Waals surface area (Å²) in [4.78, 5) is 2.53. The highest BCUT2D eigenvalue weighted by Gasteiger charge is 2.15. The lowest BCUT2D eigenvalue weighted by Crippen LogP contribution is -2.34. The molecule has 0 unspecified atom stereocenters. The molecule has 0 fully saturated rings. The molecule has 1 heterocycles. The van der Waals surface area contributed by atoms with Crippen molar-refractivity contribution in [3.63, 3.8) is 0 Å². The Morgan fingerprint density at radius 1 is 1.17 bits per heavy atom. The van der Waals surface area contributed by atoms with Crippen LogP contribution in [0, 0.1) is 0 Å². The van der Waals surface area contributed by atoms with Gasteiger partial charge >= 0.3 is 0 Å². The zero-order chi connectivity index (χ0) is 12.8. The molecule has 0 amide bonds. The molecule has 0 aliphatic carbocycles. The minimum absolute atomic E-state index is 1.08. The molecule has 1 aromatic carbocycles. The first-order valence-electron chi connectivity index (χ1n) is 7.47. The van der Waals surface area contributed by atoms with Gasteiger partial charge in [0.15, 0.2) is 0 Å². The lowest BCUT2D eigenvalue weighted by molar-refractivity contribution is 0.712. The van der Waals surface area contributed by atoms with E-state index in [1.807, 2.05) is 0 Å². The molecule has 18 heavy (non-hydrogen) atoms. The number of hydrogen-bond acceptors (Lipinski definition) is 2. The van der Waals surface area contributed by atoms with E-state index in [4.69, 9.17) is 0 Å². The normalized spacial score (nSPS) is 14.2. The Kier molecular flexibility index (Phi) is 4.91. The SMILES string of the molecule is CCCCc1ccc2c(c1)NCCN2CCCC. The van der Waals surface area contributed by atoms with E-state index in [2.05, 4.69) is 42.3 Å². The second-order valence-corrected chi connectivity index (χ2v) is 5.22. The molecule has 1 N–H and O–H groups in total. The van der Waals surface area contributed by atoms with Crippen LogP contribution in [-0.2, 0) is 6.42 Å². The Labute approximate surface area is 111 Å². The highest BCUT2D eigenvalue weighted by atomic mass is 15.2. The lowest BCUT2D eigenvalue weighted by atomic mass is 10.0. The zero-order valence-electron chi connectivity index (χ0n) is 11.8. The van der Waals surface area contributed by atoms with E-state index in [0.717, 1.165) is 13.1 Å². The third-order valence-electron chi connectivity index (χ3n) is 3.70. The summed E-state index contributed by atoms with van der Waals surface area (Å²) in [7, 11) is 0. The molecule has 2 heteroatoms. The van der Waals surface area contributed by atoms with Gasteiger partial charge in [0.1, 0.15) is 0 Å². The molecule has 0 spiro atoms. The van der Waals surface area contributed by atoms with Crippen LogP contribution in [-0.4, -0.2) is 19.6 Å². The van der Waals surface area contributed by atoms with Crippen LogP contribution in [0.2, 0.25) is 0 Å². The van der Waals surface area contributed by atoms with Gasteiger partial charge in [-0.2, -0.15) is 0 Å². The van der Waals surface area contributed by atoms with E-state index in [1.165, 1.54) is 55.6 Å². The van der Waals surface area contributed by atoms with Crippen LogP contribution in [0.15, 0.2) is 18.2 Å². The summed E-state index contributed by atoms with van der Waals surface area (Å²) in [6, 6.07) is 6.96. The first-order chi connectivity index (χ1) is 8.85. The summed E-state index contributed by atoms with van der Waals surface area (Å²) in [5.74, 6) is 0. The first kappa shape index (κ1) is 13.3. The Balaban J connectivity index is 2.09. The van der Waals surface area contributed by atoms with Gasteiger partial charge in [0.05, 0.1) is 11.4 Å². The van der Waals surface area contributed by atoms with Crippen LogP contribution in [0.5, 0.6) is 0 Å². The number of nitrogens with one attached hydrogen (secondary N) is 1. The summed E-state index contributed by atoms with van der Waals surface area (Å²) >= 11 is 0. The van der Waals surface area contributed by atoms with E-state index in [-0.39, 0.29) is 0 Å². The number of unbranched alkanes of at least 4 members (excludes halogenated alkanes) is 2. The lowest BCUT2D eigenvalue weighted by Gasteiger charge is -2.32. The second-order valence-electron chi connectivity index (χ2n) is 5.22. The molecule has 100 valence electrons. The van der Waals surface area contributed by atoms with Crippen molar-refractivity contribution in [2.45, 2.75) is 46.0 Å². The zero-order valence-corrected chi connectivity index (χ0v) is 11.8. The van der Waals surface area contributed by atoms with Crippen molar-refractivity contribution in [3.05, 3.63) is 23.8 Å². The van der Waals surface area contributed by atoms with Crippen molar-refractivity contribution in [1.82, 2.24) is 0 Å². The van der Waals surface area contributed by atoms with Crippen molar-refractivity contribution < 1.29 is 0 Å². The van der Waals surface area contributed by atoms with E-state index in [1.54, 1.807) is 0 Å². The number of hydrogen-bond donors (Lipinski definition) is 1. The maximum absolute atomic E-state index is 3.54. The van der Waals surface area contributed by atoms with Gasteiger partial charge in [0.2, 0.25) is 0 Å². The van der Waals surface area contributed by atoms with Gasteiger partial charge in [-0.15, -0.1) is 0 Å². The van der Waals surface area contributed by atoms with Gasteiger partial charge < -0.3 is 10.2 Å². The molecule has 0 bridgehead atoms. The number of aryl methyl sites for hydroxylation is 1. The van der Waals surface area contributed by atoms with Gasteiger partial charge in [-0.25, -0.2) is 0 Å². The van der Waals surface area contributed by atoms with Crippen LogP contribution in [0.1, 0.15) is 45.1 Å². The Morgan fingerprint density at radius 3 is 2.78 bits per heavy atom. The molecule has 0 atom stereocenters. The van der Waals surface area contributed by atoms with Crippen molar-refractivity contribution in [2.24, 2.45) is 0 Å². The summed E-state index contributed by atoms with van der Waals surface area (Å²) in [6.07, 6.45) is 6.33. The fourth-order valence-corrected chi connectivity index (χ4v) is 2.56. The summed E-state index contributed by atoms with van der Waals surface area (Å²) in [6.45, 7) is 7.93. The smallest absolute Gasteiger partial charge is 0.0602 e. The average molecular weight is 246 g/mol. The van der Waals surface area contributed by atoms with Crippen molar-refractivity contribution in [1.29, 1.82) is 0 Å². The summed E-state index contributed by atoms with van der Waals surface area (Å²) in [5.41, 5.74) is 4.21. The van der Waals surface area contributed by atoms with E-state index >= 15 is 0 Å². The second kappa shape index (κ2) is 6.67. The highest BCUT2D eigenvalue weighted by Crippen LogP contribution is 2.30. The van der Waals surface area contributed by atoms with Crippen LogP contribution >= 0.6 is 0 Å². The van der Waals surface area contributed by atoms with Crippen molar-refractivity contribution in [3.8, 4) is 0 Å². The third-order valence-corrected chi connectivity index (χ3v) is 3.70. The Bertz CT molecular complexity index is 373. The largest absolute Gasteiger partial charge is 0.382 e. The molecule has 0 saturated heterocycles. The molecule has 0 aromatic heterocycles. The van der Waals surface area contributed by atoms with E-state index in [0.29, 0.717) is 0 Å². The van der Waals surface area contributed by atoms with Crippen LogP contribution < -0.4 is 10.2 Å². The Morgan fingerprint density at radius 2 is 2.00 bits per heavy atom. The Hall–Kier alpha value is -1.18. The van der Waals surface area contributed by atoms with E-state index in [9.17, 15) is 0 Å². The van der Waals surface area contributed by atoms with Crippen LogP contribution in [0.25, 0.3) is 0 Å². The van der Waals surface area contributed by atoms with Crippen LogP contribution in [0.3, 0.4) is 0 Å². The molecule has 1 aliphatic heterocycles. The predicted octanol–water partition coefficient (Wildman–Crippen LogP) is 4.06. The topological polar surface area (TPSA) is 15.3 Å². The first-order valence-corrected chi connectivity index (χ1v) is 7.47. The fraction of sp³-hybridized carbons (Fsp3) is 0.625. The molecule has 1 aliphatic rings. The van der Waals surface area contributed by atoms with Gasteiger partial charge in [-0.1, -0.05) is 32.8 Å². The van der Waals surface area contributed by atoms with Gasteiger partial charge in [-0.05, 0) is 37.0 Å². The maximum Gasteiger partial charge on any atom is 0.0602 e. The molecule has 0 saturated carbocycles. The highest BCUT2D eigenvalue weighted by molar-refractivity contribution is 5.73. The molecule has 2 rings (SSSR count). The number of anilines is 2. The average Bonchev–Trinajstić information content (AvgIpc) is 2.42. The molecule has 0 radical (unpaired) electrons. The monoisotopic (exact) mass is 246 g/mol. The van der Waals surface area contributed by atoms with Crippen molar-refractivity contribution in [2.75, 3.05) is 29.9 Å². The quantitative estimate of drug-likeness (QED) is 0.814. The molecular formula is C16H26N2. The molecular weight excluding hydrogens is 220 g/mol. The van der Waals surface area contributed by atoms with Crippen molar-refractivity contribution >= 4 is 11.4 Å².